The molecule has 5 rings (SSSR count). The fourth-order valence-corrected chi connectivity index (χ4v) is 4.74. The van der Waals surface area contributed by atoms with E-state index in [2.05, 4.69) is 15.7 Å². The van der Waals surface area contributed by atoms with Crippen LogP contribution in [0.25, 0.3) is 5.65 Å². The van der Waals surface area contributed by atoms with Gasteiger partial charge in [0.2, 0.25) is 5.91 Å². The number of nitrogens with zero attached hydrogens (tertiary/aromatic N) is 4. The number of halogens is 1. The van der Waals surface area contributed by atoms with Crippen molar-refractivity contribution in [1.29, 1.82) is 0 Å². The molecule has 1 saturated heterocycles. The summed E-state index contributed by atoms with van der Waals surface area (Å²) in [4.78, 5) is 41.3. The second-order valence-corrected chi connectivity index (χ2v) is 9.02. The molecule has 3 amide bonds. The van der Waals surface area contributed by atoms with Crippen LogP contribution in [0.3, 0.4) is 0 Å². The third kappa shape index (κ3) is 4.58. The van der Waals surface area contributed by atoms with Crippen LogP contribution in [0.4, 0.5) is 4.39 Å². The molecule has 3 aromatic rings. The molecule has 2 bridgehead atoms. The maximum atomic E-state index is 14.0. The van der Waals surface area contributed by atoms with Crippen molar-refractivity contribution in [2.45, 2.75) is 25.3 Å². The van der Waals surface area contributed by atoms with Crippen LogP contribution in [0.15, 0.2) is 36.8 Å². The number of aryl methyl sites for hydroxylation is 1. The predicted molar refractivity (Wildman–Crippen MR) is 124 cm³/mol. The Bertz CT molecular complexity index is 1280. The zero-order valence-electron chi connectivity index (χ0n) is 19.4. The van der Waals surface area contributed by atoms with Gasteiger partial charge < -0.3 is 24.8 Å². The summed E-state index contributed by atoms with van der Waals surface area (Å²) in [5, 5.41) is 10.1. The number of rotatable bonds is 1. The van der Waals surface area contributed by atoms with Gasteiger partial charge in [-0.15, -0.1) is 0 Å². The van der Waals surface area contributed by atoms with Crippen LogP contribution in [-0.4, -0.2) is 69.1 Å². The Labute approximate surface area is 201 Å². The summed E-state index contributed by atoms with van der Waals surface area (Å²) in [6, 6.07) is 3.39. The van der Waals surface area contributed by atoms with Gasteiger partial charge in [-0.05, 0) is 37.5 Å². The third-order valence-corrected chi connectivity index (χ3v) is 6.57. The number of carbonyl (C=O) groups excluding carboxylic acids is 3. The molecule has 1 aromatic carbocycles. The van der Waals surface area contributed by atoms with E-state index < -0.39 is 23.7 Å². The number of amides is 3. The van der Waals surface area contributed by atoms with Gasteiger partial charge in [-0.25, -0.2) is 8.91 Å². The van der Waals surface area contributed by atoms with Crippen LogP contribution < -0.4 is 15.4 Å². The molecule has 4 heterocycles. The SMILES string of the molecule is Cn1ccn2ncc(C(=O)N3C[C@H]4CC[C@@H](C3)C(=O)NCCCOc3ccc(F)cc3C(=O)N4)c12. The quantitative estimate of drug-likeness (QED) is 0.544. The molecule has 0 unspecified atom stereocenters. The molecule has 2 aliphatic heterocycles. The lowest BCUT2D eigenvalue weighted by Crippen LogP contribution is -2.46. The summed E-state index contributed by atoms with van der Waals surface area (Å²) >= 11 is 0. The Kier molecular flexibility index (Phi) is 6.14. The number of benzene rings is 1. The van der Waals surface area contributed by atoms with Gasteiger partial charge in [0, 0.05) is 45.1 Å². The van der Waals surface area contributed by atoms with E-state index in [1.54, 1.807) is 21.8 Å². The highest BCUT2D eigenvalue weighted by molar-refractivity contribution is 6.00. The number of nitrogens with one attached hydrogen (secondary N) is 2. The van der Waals surface area contributed by atoms with Crippen LogP contribution in [0.2, 0.25) is 0 Å². The second-order valence-electron chi connectivity index (χ2n) is 9.02. The van der Waals surface area contributed by atoms with Crippen molar-refractivity contribution in [3.63, 3.8) is 0 Å². The lowest BCUT2D eigenvalue weighted by Gasteiger charge is -2.26. The molecule has 2 N–H and O–H groups in total. The Balaban J connectivity index is 1.47. The van der Waals surface area contributed by atoms with Crippen LogP contribution in [0, 0.1) is 11.7 Å². The van der Waals surface area contributed by atoms with Gasteiger partial charge in [-0.1, -0.05) is 0 Å². The van der Waals surface area contributed by atoms with E-state index in [9.17, 15) is 18.8 Å². The van der Waals surface area contributed by atoms with E-state index in [0.29, 0.717) is 37.0 Å². The zero-order valence-corrected chi connectivity index (χ0v) is 19.4. The Hall–Kier alpha value is -3.89. The lowest BCUT2D eigenvalue weighted by molar-refractivity contribution is -0.125. The molecule has 11 heteroatoms. The topological polar surface area (TPSA) is 110 Å². The summed E-state index contributed by atoms with van der Waals surface area (Å²) in [5.41, 5.74) is 1.17. The number of hydrogen-bond acceptors (Lipinski definition) is 5. The number of imidazole rings is 1. The first-order valence-electron chi connectivity index (χ1n) is 11.7. The number of fused-ring (bicyclic) bond motifs is 5. The van der Waals surface area contributed by atoms with Crippen molar-refractivity contribution in [2.75, 3.05) is 26.2 Å². The molecule has 1 fully saturated rings. The molecule has 0 radical (unpaired) electrons. The van der Waals surface area contributed by atoms with Crippen molar-refractivity contribution in [3.05, 3.63) is 53.7 Å². The molecule has 184 valence electrons. The summed E-state index contributed by atoms with van der Waals surface area (Å²) in [7, 11) is 1.83. The van der Waals surface area contributed by atoms with E-state index >= 15 is 0 Å². The minimum atomic E-state index is -0.540. The highest BCUT2D eigenvalue weighted by Gasteiger charge is 2.33. The van der Waals surface area contributed by atoms with Crippen molar-refractivity contribution in [2.24, 2.45) is 13.0 Å². The minimum Gasteiger partial charge on any atom is -0.493 e. The van der Waals surface area contributed by atoms with E-state index in [0.717, 1.165) is 6.07 Å². The van der Waals surface area contributed by atoms with Gasteiger partial charge in [-0.2, -0.15) is 5.10 Å². The monoisotopic (exact) mass is 482 g/mol. The standard InChI is InChI=1S/C24H27FN6O4/c1-29-8-9-31-23(29)19(12-27-31)24(34)30-13-15-3-5-17(14-30)28-22(33)18-11-16(25)4-6-20(18)35-10-2-7-26-21(15)32/h4,6,8-9,11-12,15,17H,2-3,5,7,10,13-14H2,1H3,(H,26,32)(H,28,33)/t15-,17+/m0/s1. The average molecular weight is 483 g/mol. The first-order valence-corrected chi connectivity index (χ1v) is 11.7. The minimum absolute atomic E-state index is 0.104. The van der Waals surface area contributed by atoms with E-state index in [-0.39, 0.29) is 42.8 Å². The van der Waals surface area contributed by atoms with Gasteiger partial charge in [-0.3, -0.25) is 14.4 Å². The van der Waals surface area contributed by atoms with Crippen molar-refractivity contribution in [3.8, 4) is 5.75 Å². The van der Waals surface area contributed by atoms with Crippen molar-refractivity contribution in [1.82, 2.24) is 29.7 Å². The Morgan fingerprint density at radius 2 is 2.06 bits per heavy atom. The van der Waals surface area contributed by atoms with E-state index in [1.807, 2.05) is 11.6 Å². The predicted octanol–water partition coefficient (Wildman–Crippen LogP) is 1.36. The smallest absolute Gasteiger partial charge is 0.259 e. The molecule has 2 aliphatic rings. The van der Waals surface area contributed by atoms with E-state index in [1.165, 1.54) is 18.3 Å². The largest absolute Gasteiger partial charge is 0.493 e. The first kappa shape index (κ1) is 22.9. The molecule has 2 atom stereocenters. The molecule has 35 heavy (non-hydrogen) atoms. The number of ether oxygens (including phenoxy) is 1. The number of carbonyl (C=O) groups is 3. The fraction of sp³-hybridized carbons (Fsp3) is 0.417. The average Bonchev–Trinajstić information content (AvgIpc) is 3.35. The summed E-state index contributed by atoms with van der Waals surface area (Å²) in [5.74, 6) is -1.56. The lowest BCUT2D eigenvalue weighted by atomic mass is 10.0. The normalized spacial score (nSPS) is 21.5. The Morgan fingerprint density at radius 3 is 2.91 bits per heavy atom. The molecule has 10 nitrogen and oxygen atoms in total. The maximum absolute atomic E-state index is 14.0. The Morgan fingerprint density at radius 1 is 1.20 bits per heavy atom. The van der Waals surface area contributed by atoms with E-state index in [4.69, 9.17) is 4.74 Å². The number of aromatic nitrogens is 3. The highest BCUT2D eigenvalue weighted by atomic mass is 19.1. The van der Waals surface area contributed by atoms with Gasteiger partial charge >= 0.3 is 0 Å². The van der Waals surface area contributed by atoms with Crippen LogP contribution in [0.5, 0.6) is 5.75 Å². The molecule has 2 aromatic heterocycles. The second kappa shape index (κ2) is 9.40. The van der Waals surface area contributed by atoms with Crippen molar-refractivity contribution >= 4 is 23.4 Å². The summed E-state index contributed by atoms with van der Waals surface area (Å²) < 4.78 is 23.1. The fourth-order valence-electron chi connectivity index (χ4n) is 4.74. The molecular formula is C24H27FN6O4. The molecule has 0 spiro atoms. The van der Waals surface area contributed by atoms with Crippen LogP contribution >= 0.6 is 0 Å². The molecule has 0 saturated carbocycles. The van der Waals surface area contributed by atoms with Gasteiger partial charge in [0.15, 0.2) is 0 Å². The number of likely N-dealkylation sites (tertiary alicyclic amines) is 1. The van der Waals surface area contributed by atoms with Crippen molar-refractivity contribution < 1.29 is 23.5 Å². The first-order chi connectivity index (χ1) is 16.9. The highest BCUT2D eigenvalue weighted by Crippen LogP contribution is 2.24. The summed E-state index contributed by atoms with van der Waals surface area (Å²) in [6.07, 6.45) is 6.59. The maximum Gasteiger partial charge on any atom is 0.259 e. The van der Waals surface area contributed by atoms with Gasteiger partial charge in [0.1, 0.15) is 22.8 Å². The summed E-state index contributed by atoms with van der Waals surface area (Å²) in [6.45, 7) is 1.09. The van der Waals surface area contributed by atoms with Gasteiger partial charge in [0.25, 0.3) is 11.8 Å². The molecular weight excluding hydrogens is 455 g/mol. The third-order valence-electron chi connectivity index (χ3n) is 6.57. The molecule has 0 aliphatic carbocycles. The van der Waals surface area contributed by atoms with Crippen LogP contribution in [0.1, 0.15) is 40.0 Å². The number of hydrogen-bond donors (Lipinski definition) is 2. The van der Waals surface area contributed by atoms with Gasteiger partial charge in [0.05, 0.1) is 24.3 Å². The zero-order chi connectivity index (χ0) is 24.5. The van der Waals surface area contributed by atoms with Crippen LogP contribution in [-0.2, 0) is 11.8 Å².